The standard InChI is InChI=1S/C25H26F3N5O3S/c1-24(2,3)36-23(35)30-17(10-14-4-8-19(29-13-14)25(26,27)28)6-9-21-32-33-22(37-21)15-5-7-18-16(11-15)12-20(34)31-18/h4-5,7-8,11,13,17H,6,9-10,12H2,1-3H3,(H,30,35)(H,31,34)/t17-/m1/s1. The van der Waals surface area contributed by atoms with Gasteiger partial charge in [-0.3, -0.25) is 9.78 Å². The molecular formula is C25H26F3N5O3S. The third kappa shape index (κ3) is 7.25. The molecule has 12 heteroatoms. The molecule has 8 nitrogen and oxygen atoms in total. The normalized spacial score (nSPS) is 14.2. The number of carbonyl (C=O) groups excluding carboxylic acids is 2. The molecule has 1 atom stereocenters. The van der Waals surface area contributed by atoms with Crippen molar-refractivity contribution in [3.63, 3.8) is 0 Å². The van der Waals surface area contributed by atoms with Gasteiger partial charge in [0.15, 0.2) is 0 Å². The van der Waals surface area contributed by atoms with E-state index in [4.69, 9.17) is 4.74 Å². The van der Waals surface area contributed by atoms with Crippen LogP contribution in [0.15, 0.2) is 36.5 Å². The van der Waals surface area contributed by atoms with Crippen LogP contribution in [-0.4, -0.2) is 38.8 Å². The first-order valence-corrected chi connectivity index (χ1v) is 12.4. The number of amides is 2. The molecule has 2 amide bonds. The number of carbonyl (C=O) groups is 2. The number of benzene rings is 1. The van der Waals surface area contributed by atoms with Gasteiger partial charge in [0.2, 0.25) is 5.91 Å². The Labute approximate surface area is 215 Å². The highest BCUT2D eigenvalue weighted by Crippen LogP contribution is 2.31. The van der Waals surface area contributed by atoms with Crippen molar-refractivity contribution in [2.75, 3.05) is 5.32 Å². The summed E-state index contributed by atoms with van der Waals surface area (Å²) in [5.74, 6) is -0.0446. The van der Waals surface area contributed by atoms with Crippen LogP contribution in [0.4, 0.5) is 23.7 Å². The van der Waals surface area contributed by atoms with Gasteiger partial charge >= 0.3 is 12.3 Å². The molecule has 1 aromatic carbocycles. The Morgan fingerprint density at radius 1 is 1.19 bits per heavy atom. The molecule has 3 aromatic rings. The smallest absolute Gasteiger partial charge is 0.433 e. The Morgan fingerprint density at radius 2 is 1.97 bits per heavy atom. The van der Waals surface area contributed by atoms with E-state index in [1.165, 1.54) is 23.6 Å². The first-order chi connectivity index (χ1) is 17.4. The highest BCUT2D eigenvalue weighted by molar-refractivity contribution is 7.14. The Bertz CT molecular complexity index is 1290. The summed E-state index contributed by atoms with van der Waals surface area (Å²) in [6, 6.07) is 7.49. The van der Waals surface area contributed by atoms with Gasteiger partial charge in [0, 0.05) is 29.9 Å². The van der Waals surface area contributed by atoms with Crippen molar-refractivity contribution in [3.05, 3.63) is 58.4 Å². The molecule has 0 unspecified atom stereocenters. The van der Waals surface area contributed by atoms with Crippen molar-refractivity contribution in [2.24, 2.45) is 0 Å². The molecule has 37 heavy (non-hydrogen) atoms. The van der Waals surface area contributed by atoms with Crippen LogP contribution in [0.3, 0.4) is 0 Å². The van der Waals surface area contributed by atoms with Gasteiger partial charge in [-0.05, 0) is 69.0 Å². The van der Waals surface area contributed by atoms with E-state index in [0.717, 1.165) is 27.9 Å². The number of aryl methyl sites for hydroxylation is 1. The summed E-state index contributed by atoms with van der Waals surface area (Å²) >= 11 is 1.41. The first kappa shape index (κ1) is 26.5. The monoisotopic (exact) mass is 533 g/mol. The zero-order valence-electron chi connectivity index (χ0n) is 20.5. The number of anilines is 1. The number of alkyl carbamates (subject to hydrolysis) is 1. The zero-order valence-corrected chi connectivity index (χ0v) is 21.3. The molecule has 1 aliphatic rings. The summed E-state index contributed by atoms with van der Waals surface area (Å²) in [5.41, 5.74) is 1.44. The summed E-state index contributed by atoms with van der Waals surface area (Å²) in [6.45, 7) is 5.24. The zero-order chi connectivity index (χ0) is 26.8. The molecule has 0 bridgehead atoms. The third-order valence-electron chi connectivity index (χ3n) is 5.47. The van der Waals surface area contributed by atoms with E-state index < -0.39 is 29.6 Å². The largest absolute Gasteiger partial charge is 0.444 e. The number of pyridine rings is 1. The third-order valence-corrected chi connectivity index (χ3v) is 6.50. The summed E-state index contributed by atoms with van der Waals surface area (Å²) in [4.78, 5) is 27.5. The van der Waals surface area contributed by atoms with Crippen LogP contribution in [0, 0.1) is 0 Å². The SMILES string of the molecule is CC(C)(C)OC(=O)N[C@H](CCc1nnc(-c2ccc3c(c2)CC(=O)N3)s1)Cc1ccc(C(F)(F)F)nc1. The van der Waals surface area contributed by atoms with Gasteiger partial charge in [-0.1, -0.05) is 17.4 Å². The van der Waals surface area contributed by atoms with E-state index in [-0.39, 0.29) is 12.3 Å². The summed E-state index contributed by atoms with van der Waals surface area (Å²) < 4.78 is 43.9. The van der Waals surface area contributed by atoms with Gasteiger partial charge in [0.1, 0.15) is 21.3 Å². The number of rotatable bonds is 7. The van der Waals surface area contributed by atoms with E-state index in [2.05, 4.69) is 25.8 Å². The van der Waals surface area contributed by atoms with Crippen LogP contribution < -0.4 is 10.6 Å². The average molecular weight is 534 g/mol. The van der Waals surface area contributed by atoms with Crippen LogP contribution in [0.5, 0.6) is 0 Å². The highest BCUT2D eigenvalue weighted by Gasteiger charge is 2.32. The Balaban J connectivity index is 1.44. The molecule has 4 rings (SSSR count). The molecule has 0 saturated heterocycles. The molecule has 1 aliphatic heterocycles. The van der Waals surface area contributed by atoms with E-state index in [1.54, 1.807) is 20.8 Å². The van der Waals surface area contributed by atoms with Crippen molar-refractivity contribution in [3.8, 4) is 10.6 Å². The van der Waals surface area contributed by atoms with Gasteiger partial charge < -0.3 is 15.4 Å². The maximum absolute atomic E-state index is 12.9. The molecule has 0 saturated carbocycles. The van der Waals surface area contributed by atoms with Gasteiger partial charge in [-0.25, -0.2) is 4.79 Å². The lowest BCUT2D eigenvalue weighted by molar-refractivity contribution is -0.141. The quantitative estimate of drug-likeness (QED) is 0.434. The fourth-order valence-corrected chi connectivity index (χ4v) is 4.68. The molecule has 196 valence electrons. The minimum Gasteiger partial charge on any atom is -0.444 e. The molecule has 0 fully saturated rings. The highest BCUT2D eigenvalue weighted by atomic mass is 32.1. The van der Waals surface area contributed by atoms with Crippen molar-refractivity contribution in [1.29, 1.82) is 0 Å². The predicted molar refractivity (Wildman–Crippen MR) is 132 cm³/mol. The lowest BCUT2D eigenvalue weighted by atomic mass is 10.0. The number of nitrogens with one attached hydrogen (secondary N) is 2. The number of aromatic nitrogens is 3. The number of alkyl halides is 3. The fraction of sp³-hybridized carbons (Fsp3) is 0.400. The fourth-order valence-electron chi connectivity index (χ4n) is 3.83. The van der Waals surface area contributed by atoms with Crippen LogP contribution in [0.25, 0.3) is 10.6 Å². The summed E-state index contributed by atoms with van der Waals surface area (Å²) in [7, 11) is 0. The molecule has 2 aromatic heterocycles. The molecule has 3 heterocycles. The van der Waals surface area contributed by atoms with Gasteiger partial charge in [0.25, 0.3) is 0 Å². The lowest BCUT2D eigenvalue weighted by Crippen LogP contribution is -2.40. The Hall–Kier alpha value is -3.54. The number of hydrogen-bond donors (Lipinski definition) is 2. The molecule has 0 spiro atoms. The molecular weight excluding hydrogens is 507 g/mol. The second kappa shape index (κ2) is 10.4. The maximum Gasteiger partial charge on any atom is 0.433 e. The van der Waals surface area contributed by atoms with E-state index in [0.29, 0.717) is 29.8 Å². The minimum atomic E-state index is -4.52. The van der Waals surface area contributed by atoms with Crippen molar-refractivity contribution < 1.29 is 27.5 Å². The maximum atomic E-state index is 12.9. The Kier molecular flexibility index (Phi) is 7.49. The molecule has 0 aliphatic carbocycles. The van der Waals surface area contributed by atoms with Crippen LogP contribution in [-0.2, 0) is 35.0 Å². The molecule has 2 N–H and O–H groups in total. The summed E-state index contributed by atoms with van der Waals surface area (Å²) in [5, 5.41) is 15.6. The van der Waals surface area contributed by atoms with Crippen LogP contribution in [0.2, 0.25) is 0 Å². The van der Waals surface area contributed by atoms with Crippen molar-refractivity contribution >= 4 is 29.0 Å². The number of fused-ring (bicyclic) bond motifs is 1. The minimum absolute atomic E-state index is 0.0446. The number of halogens is 3. The lowest BCUT2D eigenvalue weighted by Gasteiger charge is -2.23. The van der Waals surface area contributed by atoms with Gasteiger partial charge in [-0.2, -0.15) is 13.2 Å². The predicted octanol–water partition coefficient (Wildman–Crippen LogP) is 5.18. The van der Waals surface area contributed by atoms with Crippen LogP contribution in [0.1, 0.15) is 49.0 Å². The second-order valence-corrected chi connectivity index (χ2v) is 10.8. The molecule has 0 radical (unpaired) electrons. The Morgan fingerprint density at radius 3 is 2.65 bits per heavy atom. The average Bonchev–Trinajstić information content (AvgIpc) is 3.41. The second-order valence-electron chi connectivity index (χ2n) is 9.73. The number of ether oxygens (including phenoxy) is 1. The topological polar surface area (TPSA) is 106 Å². The van der Waals surface area contributed by atoms with Gasteiger partial charge in [-0.15, -0.1) is 10.2 Å². The summed E-state index contributed by atoms with van der Waals surface area (Å²) in [6.07, 6.45) is -2.44. The van der Waals surface area contributed by atoms with E-state index >= 15 is 0 Å². The van der Waals surface area contributed by atoms with E-state index in [9.17, 15) is 22.8 Å². The number of nitrogens with zero attached hydrogens (tertiary/aromatic N) is 3. The first-order valence-electron chi connectivity index (χ1n) is 11.6. The van der Waals surface area contributed by atoms with E-state index in [1.807, 2.05) is 18.2 Å². The van der Waals surface area contributed by atoms with Gasteiger partial charge in [0.05, 0.1) is 6.42 Å². The van der Waals surface area contributed by atoms with Crippen molar-refractivity contribution in [1.82, 2.24) is 20.5 Å². The van der Waals surface area contributed by atoms with Crippen molar-refractivity contribution in [2.45, 2.75) is 64.3 Å². The number of hydrogen-bond acceptors (Lipinski definition) is 7. The van der Waals surface area contributed by atoms with Crippen LogP contribution >= 0.6 is 11.3 Å².